The highest BCUT2D eigenvalue weighted by molar-refractivity contribution is 7.71. The van der Waals surface area contributed by atoms with E-state index in [-0.39, 0.29) is 0 Å². The van der Waals surface area contributed by atoms with Crippen molar-refractivity contribution in [1.82, 2.24) is 20.2 Å². The van der Waals surface area contributed by atoms with Crippen molar-refractivity contribution in [3.05, 3.63) is 57.8 Å². The molecule has 0 radical (unpaired) electrons. The first-order chi connectivity index (χ1) is 13.0. The number of fused-ring (bicyclic) bond motifs is 1. The molecule has 0 bridgehead atoms. The number of thiazole rings is 1. The monoisotopic (exact) mass is 395 g/mol. The van der Waals surface area contributed by atoms with Gasteiger partial charge in [0.05, 0.1) is 5.69 Å². The van der Waals surface area contributed by atoms with Crippen LogP contribution in [0.2, 0.25) is 0 Å². The molecule has 0 atom stereocenters. The van der Waals surface area contributed by atoms with E-state index in [1.807, 2.05) is 20.2 Å². The van der Waals surface area contributed by atoms with Crippen LogP contribution in [0.15, 0.2) is 42.5 Å². The van der Waals surface area contributed by atoms with Crippen molar-refractivity contribution in [3.8, 4) is 5.69 Å². The van der Waals surface area contributed by atoms with E-state index in [4.69, 9.17) is 12.2 Å². The average molecular weight is 396 g/mol. The number of tetrazole rings is 1. The Bertz CT molecular complexity index is 1180. The topological polar surface area (TPSA) is 53.6 Å². The Kier molecular flexibility index (Phi) is 4.59. The van der Waals surface area contributed by atoms with Crippen LogP contribution in [-0.2, 0) is 7.05 Å². The number of benzene rings is 2. The lowest BCUT2D eigenvalue weighted by molar-refractivity contribution is -0.642. The Balaban J connectivity index is 1.67. The lowest BCUT2D eigenvalue weighted by atomic mass is 10.2. The van der Waals surface area contributed by atoms with Crippen LogP contribution in [0, 0.1) is 4.77 Å². The Labute approximate surface area is 166 Å². The molecule has 0 saturated heterocycles. The van der Waals surface area contributed by atoms with E-state index >= 15 is 0 Å². The molecule has 27 heavy (non-hydrogen) atoms. The van der Waals surface area contributed by atoms with Gasteiger partial charge in [0.1, 0.15) is 11.7 Å². The number of nitrogens with one attached hydrogen (secondary N) is 1. The molecule has 2 aromatic heterocycles. The van der Waals surface area contributed by atoms with Crippen LogP contribution in [0.3, 0.4) is 0 Å². The third kappa shape index (κ3) is 3.41. The summed E-state index contributed by atoms with van der Waals surface area (Å²) in [5, 5.41) is 11.6. The Morgan fingerprint density at radius 1 is 1.15 bits per heavy atom. The predicted octanol–water partition coefficient (Wildman–Crippen LogP) is 3.60. The molecule has 6 nitrogen and oxygen atoms in total. The molecule has 0 aliphatic carbocycles. The number of aryl methyl sites for hydroxylation is 1. The largest absolute Gasteiger partial charge is 0.378 e. The van der Waals surface area contributed by atoms with Gasteiger partial charge >= 0.3 is 0 Å². The quantitative estimate of drug-likeness (QED) is 0.424. The Morgan fingerprint density at radius 3 is 2.59 bits per heavy atom. The normalized spacial score (nSPS) is 11.5. The van der Waals surface area contributed by atoms with E-state index in [9.17, 15) is 0 Å². The van der Waals surface area contributed by atoms with Gasteiger partial charge in [0.2, 0.25) is 10.3 Å². The van der Waals surface area contributed by atoms with Gasteiger partial charge in [-0.2, -0.15) is 9.78 Å². The third-order valence-corrected chi connectivity index (χ3v) is 5.84. The molecule has 0 aliphatic heterocycles. The molecule has 136 valence electrons. The molecule has 0 aliphatic rings. The number of aromatic amines is 1. The summed E-state index contributed by atoms with van der Waals surface area (Å²) in [6.07, 6.45) is 4.29. The number of H-pyrrole nitrogens is 1. The van der Waals surface area contributed by atoms with Gasteiger partial charge in [-0.3, -0.25) is 0 Å². The number of nitrogens with zero attached hydrogens (tertiary/aromatic N) is 5. The zero-order valence-electron chi connectivity index (χ0n) is 15.2. The van der Waals surface area contributed by atoms with Crippen LogP contribution >= 0.6 is 23.6 Å². The van der Waals surface area contributed by atoms with Crippen molar-refractivity contribution in [2.45, 2.75) is 0 Å². The molecule has 0 fully saturated rings. The number of anilines is 1. The fourth-order valence-corrected chi connectivity index (χ4v) is 4.14. The van der Waals surface area contributed by atoms with Gasteiger partial charge in [-0.25, -0.2) is 4.68 Å². The van der Waals surface area contributed by atoms with E-state index in [1.165, 1.54) is 26.5 Å². The molecular formula is C19H19N6S2+. The van der Waals surface area contributed by atoms with Gasteiger partial charge < -0.3 is 4.90 Å². The summed E-state index contributed by atoms with van der Waals surface area (Å²) in [6.45, 7) is 0. The number of hydrogen-bond donors (Lipinski definition) is 1. The second-order valence-corrected chi connectivity index (χ2v) is 7.82. The van der Waals surface area contributed by atoms with Crippen molar-refractivity contribution < 1.29 is 4.57 Å². The number of hydrogen-bond acceptors (Lipinski definition) is 5. The molecule has 1 N–H and O–H groups in total. The van der Waals surface area contributed by atoms with Crippen molar-refractivity contribution in [2.75, 3.05) is 19.0 Å². The summed E-state index contributed by atoms with van der Waals surface area (Å²) in [6, 6.07) is 14.7. The summed E-state index contributed by atoms with van der Waals surface area (Å²) >= 11 is 6.92. The van der Waals surface area contributed by atoms with Crippen molar-refractivity contribution in [2.24, 2.45) is 7.05 Å². The summed E-state index contributed by atoms with van der Waals surface area (Å²) in [5.74, 6) is 0. The van der Waals surface area contributed by atoms with Gasteiger partial charge in [0.25, 0.3) is 5.01 Å². The van der Waals surface area contributed by atoms with Gasteiger partial charge in [0.15, 0.2) is 0 Å². The van der Waals surface area contributed by atoms with Crippen LogP contribution in [0.1, 0.15) is 10.6 Å². The lowest BCUT2D eigenvalue weighted by Crippen LogP contribution is -2.28. The van der Waals surface area contributed by atoms with Crippen LogP contribution in [0.25, 0.3) is 28.1 Å². The maximum absolute atomic E-state index is 5.18. The van der Waals surface area contributed by atoms with Crippen LogP contribution < -0.4 is 9.47 Å². The van der Waals surface area contributed by atoms with Gasteiger partial charge in [-0.1, -0.05) is 33.8 Å². The molecule has 0 saturated carbocycles. The van der Waals surface area contributed by atoms with Crippen LogP contribution in [-0.4, -0.2) is 34.3 Å². The summed E-state index contributed by atoms with van der Waals surface area (Å²) < 4.78 is 5.47. The minimum atomic E-state index is 0.413. The summed E-state index contributed by atoms with van der Waals surface area (Å²) in [7, 11) is 6.17. The highest BCUT2D eigenvalue weighted by Crippen LogP contribution is 2.24. The molecule has 4 aromatic rings. The third-order valence-electron chi connectivity index (χ3n) is 4.41. The molecular weight excluding hydrogens is 376 g/mol. The minimum Gasteiger partial charge on any atom is -0.378 e. The smallest absolute Gasteiger partial charge is 0.262 e. The van der Waals surface area contributed by atoms with Crippen LogP contribution in [0.5, 0.6) is 0 Å². The molecule has 0 amide bonds. The predicted molar refractivity (Wildman–Crippen MR) is 113 cm³/mol. The molecule has 0 spiro atoms. The number of aromatic nitrogens is 5. The van der Waals surface area contributed by atoms with E-state index in [2.05, 4.69) is 80.6 Å². The standard InChI is InChI=1S/C19H18N6S2/c1-23(2)14-7-4-13(5-8-14)6-11-18-24(3)16-10-9-15(12-17(16)27-18)25-19(26)20-21-22-25/h4-12H,1-3H3/p+1. The molecule has 2 heterocycles. The van der Waals surface area contributed by atoms with Crippen molar-refractivity contribution >= 4 is 51.6 Å². The second-order valence-electron chi connectivity index (χ2n) is 6.39. The van der Waals surface area contributed by atoms with Gasteiger partial charge in [0, 0.05) is 31.9 Å². The SMILES string of the molecule is CN(C)c1ccc(C=Cc2sc3cc(-n4[nH]nnc4=S)ccc3[n+]2C)cc1. The van der Waals surface area contributed by atoms with Crippen molar-refractivity contribution in [3.63, 3.8) is 0 Å². The molecule has 8 heteroatoms. The zero-order chi connectivity index (χ0) is 19.0. The summed E-state index contributed by atoms with van der Waals surface area (Å²) in [4.78, 5) is 2.10. The zero-order valence-corrected chi connectivity index (χ0v) is 16.9. The van der Waals surface area contributed by atoms with Crippen molar-refractivity contribution in [1.29, 1.82) is 0 Å². The highest BCUT2D eigenvalue weighted by atomic mass is 32.1. The van der Waals surface area contributed by atoms with E-state index < -0.39 is 0 Å². The maximum atomic E-state index is 5.18. The van der Waals surface area contributed by atoms with E-state index in [0.717, 1.165) is 5.69 Å². The molecule has 2 aromatic carbocycles. The van der Waals surface area contributed by atoms with Gasteiger partial charge in [-0.05, 0) is 48.1 Å². The average Bonchev–Trinajstić information content (AvgIpc) is 3.23. The second kappa shape index (κ2) is 7.05. The fraction of sp³-hybridized carbons (Fsp3) is 0.158. The van der Waals surface area contributed by atoms with E-state index in [1.54, 1.807) is 16.0 Å². The first-order valence-electron chi connectivity index (χ1n) is 8.41. The molecule has 0 unspecified atom stereocenters. The minimum absolute atomic E-state index is 0.413. The van der Waals surface area contributed by atoms with Crippen LogP contribution in [0.4, 0.5) is 5.69 Å². The lowest BCUT2D eigenvalue weighted by Gasteiger charge is -2.11. The Morgan fingerprint density at radius 2 is 1.93 bits per heavy atom. The van der Waals surface area contributed by atoms with Gasteiger partial charge in [-0.15, -0.1) is 0 Å². The number of rotatable bonds is 4. The first kappa shape index (κ1) is 17.6. The first-order valence-corrected chi connectivity index (χ1v) is 9.64. The maximum Gasteiger partial charge on any atom is 0.262 e. The molecule has 4 rings (SSSR count). The highest BCUT2D eigenvalue weighted by Gasteiger charge is 2.15. The summed E-state index contributed by atoms with van der Waals surface area (Å²) in [5.41, 5.74) is 4.46. The Hall–Kier alpha value is -2.84. The van der Waals surface area contributed by atoms with E-state index in [0.29, 0.717) is 4.77 Å². The fourth-order valence-electron chi connectivity index (χ4n) is 2.86.